The first-order chi connectivity index (χ1) is 6.85. The molecule has 0 unspecified atom stereocenters. The smallest absolute Gasteiger partial charge is 0.201 e. The molecule has 0 aliphatic heterocycles. The van der Waals surface area contributed by atoms with Crippen LogP contribution in [-0.4, -0.2) is 18.4 Å². The lowest BCUT2D eigenvalue weighted by Crippen LogP contribution is -1.86. The highest BCUT2D eigenvalue weighted by Gasteiger charge is 2.09. The monoisotopic (exact) mass is 207 g/mol. The Kier molecular flexibility index (Phi) is 2.37. The Morgan fingerprint density at radius 3 is 2.93 bits per heavy atom. The molecule has 1 N–H and O–H groups in total. The summed E-state index contributed by atoms with van der Waals surface area (Å²) < 4.78 is 5.03. The maximum atomic E-state index is 10.7. The van der Waals surface area contributed by atoms with Gasteiger partial charge in [0, 0.05) is 0 Å². The van der Waals surface area contributed by atoms with Gasteiger partial charge in [-0.15, -0.1) is 11.3 Å². The molecule has 3 nitrogen and oxygen atoms in total. The number of methoxy groups -OCH3 is 1. The normalized spacial score (nSPS) is 10.1. The molecule has 0 spiro atoms. The van der Waals surface area contributed by atoms with Crippen molar-refractivity contribution in [1.82, 2.24) is 4.98 Å². The number of carbonyl (C=O) groups excluding carboxylic acids is 1. The molecule has 0 radical (unpaired) electrons. The number of thiophene rings is 1. The van der Waals surface area contributed by atoms with Gasteiger partial charge in [0.2, 0.25) is 5.88 Å². The number of hydrogen-bond acceptors (Lipinski definition) is 3. The first-order valence-electron chi connectivity index (χ1n) is 4.11. The fraction of sp³-hybridized carbons (Fsp3) is 0.100. The Labute approximate surface area is 85.3 Å². The van der Waals surface area contributed by atoms with Crippen LogP contribution in [0.2, 0.25) is 0 Å². The number of aromatic nitrogens is 1. The van der Waals surface area contributed by atoms with Gasteiger partial charge in [0.15, 0.2) is 6.29 Å². The molecule has 14 heavy (non-hydrogen) atoms. The Balaban J connectivity index is 2.46. The van der Waals surface area contributed by atoms with E-state index in [2.05, 4.69) is 4.98 Å². The molecular weight excluding hydrogens is 198 g/mol. The van der Waals surface area contributed by atoms with Crippen molar-refractivity contribution in [1.29, 1.82) is 0 Å². The van der Waals surface area contributed by atoms with Crippen molar-refractivity contribution < 1.29 is 9.53 Å². The maximum Gasteiger partial charge on any atom is 0.201 e. The zero-order valence-electron chi connectivity index (χ0n) is 7.61. The molecule has 2 heterocycles. The molecule has 2 aromatic heterocycles. The molecule has 2 rings (SSSR count). The van der Waals surface area contributed by atoms with Gasteiger partial charge in [-0.05, 0) is 17.5 Å². The highest BCUT2D eigenvalue weighted by Crippen LogP contribution is 2.28. The number of carbonyl (C=O) groups is 1. The minimum absolute atomic E-state index is 0.517. The summed E-state index contributed by atoms with van der Waals surface area (Å²) in [6, 6.07) is 5.75. The van der Waals surface area contributed by atoms with E-state index < -0.39 is 0 Å². The first-order valence-corrected chi connectivity index (χ1v) is 4.99. The number of ether oxygens (including phenoxy) is 1. The second kappa shape index (κ2) is 3.67. The maximum absolute atomic E-state index is 10.7. The average Bonchev–Trinajstić information content (AvgIpc) is 2.85. The molecule has 4 heteroatoms. The molecule has 0 aromatic carbocycles. The van der Waals surface area contributed by atoms with Gasteiger partial charge >= 0.3 is 0 Å². The third kappa shape index (κ3) is 1.44. The van der Waals surface area contributed by atoms with Crippen molar-refractivity contribution in [2.24, 2.45) is 0 Å². The summed E-state index contributed by atoms with van der Waals surface area (Å²) in [7, 11) is 1.54. The predicted molar refractivity (Wildman–Crippen MR) is 56.0 cm³/mol. The first kappa shape index (κ1) is 9.02. The molecule has 0 fully saturated rings. The number of hydrogen-bond donors (Lipinski definition) is 1. The fourth-order valence-electron chi connectivity index (χ4n) is 1.27. The van der Waals surface area contributed by atoms with Gasteiger partial charge in [-0.2, -0.15) is 0 Å². The standard InChI is InChI=1S/C10H9NO2S/c1-13-10-7(6-12)5-8(11-10)9-3-2-4-14-9/h2-6,11H,1H3. The summed E-state index contributed by atoms with van der Waals surface area (Å²) in [5, 5.41) is 1.99. The van der Waals surface area contributed by atoms with Crippen molar-refractivity contribution in [2.45, 2.75) is 0 Å². The van der Waals surface area contributed by atoms with Crippen molar-refractivity contribution in [3.8, 4) is 16.5 Å². The van der Waals surface area contributed by atoms with Gasteiger partial charge in [-0.1, -0.05) is 6.07 Å². The summed E-state index contributed by atoms with van der Waals surface area (Å²) in [6.07, 6.45) is 0.784. The van der Waals surface area contributed by atoms with Gasteiger partial charge in [-0.25, -0.2) is 0 Å². The predicted octanol–water partition coefficient (Wildman–Crippen LogP) is 2.56. The van der Waals surface area contributed by atoms with Gasteiger partial charge in [0.25, 0.3) is 0 Å². The molecule has 0 saturated carbocycles. The summed E-state index contributed by atoms with van der Waals surface area (Å²) in [5.74, 6) is 0.517. The van der Waals surface area contributed by atoms with Crippen LogP contribution in [0.1, 0.15) is 10.4 Å². The van der Waals surface area contributed by atoms with E-state index in [1.54, 1.807) is 17.4 Å². The SMILES string of the molecule is COc1[nH]c(-c2cccs2)cc1C=O. The minimum Gasteiger partial charge on any atom is -0.482 e. The Hall–Kier alpha value is -1.55. The van der Waals surface area contributed by atoms with E-state index in [0.717, 1.165) is 16.9 Å². The zero-order chi connectivity index (χ0) is 9.97. The van der Waals surface area contributed by atoms with Crippen LogP contribution in [0.5, 0.6) is 5.88 Å². The number of nitrogens with one attached hydrogen (secondary N) is 1. The van der Waals surface area contributed by atoms with E-state index >= 15 is 0 Å². The van der Waals surface area contributed by atoms with Crippen molar-refractivity contribution >= 4 is 17.6 Å². The fourth-order valence-corrected chi connectivity index (χ4v) is 1.97. The largest absolute Gasteiger partial charge is 0.482 e. The average molecular weight is 207 g/mol. The van der Waals surface area contributed by atoms with E-state index in [9.17, 15) is 4.79 Å². The molecule has 0 aliphatic rings. The lowest BCUT2D eigenvalue weighted by Gasteiger charge is -1.94. The summed E-state index contributed by atoms with van der Waals surface area (Å²) in [4.78, 5) is 14.8. The lowest BCUT2D eigenvalue weighted by atomic mass is 10.3. The van der Waals surface area contributed by atoms with E-state index in [0.29, 0.717) is 11.4 Å². The molecular formula is C10H9NO2S. The number of aromatic amines is 1. The number of aldehydes is 1. The molecule has 0 atom stereocenters. The second-order valence-corrected chi connectivity index (χ2v) is 3.71. The van der Waals surface area contributed by atoms with Gasteiger partial charge in [0.05, 0.1) is 23.2 Å². The molecule has 0 bridgehead atoms. The second-order valence-electron chi connectivity index (χ2n) is 2.77. The van der Waals surface area contributed by atoms with Crippen LogP contribution in [0.25, 0.3) is 10.6 Å². The van der Waals surface area contributed by atoms with Gasteiger partial charge in [0.1, 0.15) is 0 Å². The third-order valence-corrected chi connectivity index (χ3v) is 2.83. The van der Waals surface area contributed by atoms with Crippen LogP contribution in [0.3, 0.4) is 0 Å². The van der Waals surface area contributed by atoms with Crippen LogP contribution in [0.15, 0.2) is 23.6 Å². The Morgan fingerprint density at radius 2 is 2.43 bits per heavy atom. The minimum atomic E-state index is 0.517. The summed E-state index contributed by atoms with van der Waals surface area (Å²) in [6.45, 7) is 0. The summed E-state index contributed by atoms with van der Waals surface area (Å²) in [5.41, 5.74) is 1.47. The number of rotatable bonds is 3. The third-order valence-electron chi connectivity index (χ3n) is 1.93. The van der Waals surface area contributed by atoms with Crippen LogP contribution in [0.4, 0.5) is 0 Å². The van der Waals surface area contributed by atoms with Crippen LogP contribution >= 0.6 is 11.3 Å². The van der Waals surface area contributed by atoms with Crippen LogP contribution < -0.4 is 4.74 Å². The van der Waals surface area contributed by atoms with Gasteiger partial charge in [-0.3, -0.25) is 4.79 Å². The van der Waals surface area contributed by atoms with E-state index in [4.69, 9.17) is 4.74 Å². The molecule has 72 valence electrons. The van der Waals surface area contributed by atoms with Crippen LogP contribution in [0, 0.1) is 0 Å². The lowest BCUT2D eigenvalue weighted by molar-refractivity contribution is 0.112. The van der Waals surface area contributed by atoms with E-state index in [-0.39, 0.29) is 0 Å². The zero-order valence-corrected chi connectivity index (χ0v) is 8.43. The molecule has 0 aliphatic carbocycles. The molecule has 0 saturated heterocycles. The molecule has 0 amide bonds. The van der Waals surface area contributed by atoms with Crippen molar-refractivity contribution in [3.05, 3.63) is 29.1 Å². The molecule has 2 aromatic rings. The van der Waals surface area contributed by atoms with Crippen molar-refractivity contribution in [2.75, 3.05) is 7.11 Å². The number of H-pyrrole nitrogens is 1. The van der Waals surface area contributed by atoms with Crippen LogP contribution in [-0.2, 0) is 0 Å². The topological polar surface area (TPSA) is 42.1 Å². The highest BCUT2D eigenvalue weighted by molar-refractivity contribution is 7.13. The van der Waals surface area contributed by atoms with E-state index in [1.807, 2.05) is 17.5 Å². The highest BCUT2D eigenvalue weighted by atomic mass is 32.1. The summed E-state index contributed by atoms with van der Waals surface area (Å²) >= 11 is 1.62. The Bertz CT molecular complexity index is 431. The van der Waals surface area contributed by atoms with Gasteiger partial charge < -0.3 is 9.72 Å². The van der Waals surface area contributed by atoms with E-state index in [1.165, 1.54) is 7.11 Å². The van der Waals surface area contributed by atoms with Crippen molar-refractivity contribution in [3.63, 3.8) is 0 Å². The Morgan fingerprint density at radius 1 is 1.57 bits per heavy atom. The quantitative estimate of drug-likeness (QED) is 0.786.